The second-order valence-corrected chi connectivity index (χ2v) is 7.89. The van der Waals surface area contributed by atoms with Gasteiger partial charge in [0.2, 0.25) is 0 Å². The maximum atomic E-state index is 12.2. The summed E-state index contributed by atoms with van der Waals surface area (Å²) in [6, 6.07) is 0. The summed E-state index contributed by atoms with van der Waals surface area (Å²) in [5, 5.41) is 4.06. The zero-order valence-corrected chi connectivity index (χ0v) is 13.9. The van der Waals surface area contributed by atoms with Gasteiger partial charge in [0.05, 0.1) is 24.4 Å². The Morgan fingerprint density at radius 1 is 1.52 bits per heavy atom. The van der Waals surface area contributed by atoms with E-state index in [2.05, 4.69) is 15.2 Å². The smallest absolute Gasteiger partial charge is 0.263 e. The van der Waals surface area contributed by atoms with Crippen LogP contribution in [0.25, 0.3) is 0 Å². The van der Waals surface area contributed by atoms with Crippen molar-refractivity contribution in [1.29, 1.82) is 0 Å². The number of hydrogen-bond donors (Lipinski definition) is 1. The van der Waals surface area contributed by atoms with Gasteiger partial charge in [0.1, 0.15) is 4.88 Å². The zero-order chi connectivity index (χ0) is 14.7. The van der Waals surface area contributed by atoms with Crippen LogP contribution in [0.15, 0.2) is 6.20 Å². The van der Waals surface area contributed by atoms with Crippen LogP contribution in [-0.2, 0) is 4.74 Å². The molecule has 2 fully saturated rings. The lowest BCUT2D eigenvalue weighted by atomic mass is 9.95. The molecule has 0 saturated carbocycles. The first-order valence-electron chi connectivity index (χ1n) is 7.31. The zero-order valence-electron chi connectivity index (χ0n) is 12.3. The number of morpholine rings is 1. The van der Waals surface area contributed by atoms with Crippen LogP contribution in [0.3, 0.4) is 0 Å². The molecule has 1 amide bonds. The molecule has 0 aliphatic carbocycles. The fourth-order valence-corrected chi connectivity index (χ4v) is 5.10. The molecule has 7 heteroatoms. The molecule has 0 unspecified atom stereocenters. The summed E-state index contributed by atoms with van der Waals surface area (Å²) >= 11 is 3.43. The maximum Gasteiger partial charge on any atom is 0.263 e. The number of amides is 1. The molecule has 2 saturated heterocycles. The largest absolute Gasteiger partial charge is 0.379 e. The van der Waals surface area contributed by atoms with Crippen molar-refractivity contribution in [3.63, 3.8) is 0 Å². The van der Waals surface area contributed by atoms with Crippen molar-refractivity contribution < 1.29 is 9.53 Å². The van der Waals surface area contributed by atoms with Crippen molar-refractivity contribution in [3.05, 3.63) is 16.1 Å². The minimum absolute atomic E-state index is 0.00475. The van der Waals surface area contributed by atoms with E-state index in [0.29, 0.717) is 4.88 Å². The Labute approximate surface area is 133 Å². The van der Waals surface area contributed by atoms with E-state index in [1.165, 1.54) is 17.1 Å². The van der Waals surface area contributed by atoms with Gasteiger partial charge in [-0.1, -0.05) is 0 Å². The third-order valence-corrected chi connectivity index (χ3v) is 6.33. The van der Waals surface area contributed by atoms with Gasteiger partial charge >= 0.3 is 0 Å². The van der Waals surface area contributed by atoms with Crippen LogP contribution in [0.4, 0.5) is 0 Å². The number of carbonyl (C=O) groups excluding carboxylic acids is 1. The topological polar surface area (TPSA) is 54.5 Å². The highest BCUT2D eigenvalue weighted by Crippen LogP contribution is 2.33. The Hall–Kier alpha value is -0.630. The van der Waals surface area contributed by atoms with E-state index in [0.717, 1.165) is 50.0 Å². The number of rotatable bonds is 4. The lowest BCUT2D eigenvalue weighted by molar-refractivity contribution is -0.0129. The predicted molar refractivity (Wildman–Crippen MR) is 86.2 cm³/mol. The number of aryl methyl sites for hydroxylation is 1. The molecule has 0 aromatic carbocycles. The van der Waals surface area contributed by atoms with Gasteiger partial charge in [0.25, 0.3) is 5.91 Å². The van der Waals surface area contributed by atoms with Gasteiger partial charge in [-0.05, 0) is 19.1 Å². The fourth-order valence-electron chi connectivity index (χ4n) is 2.93. The molecule has 1 atom stereocenters. The highest BCUT2D eigenvalue weighted by atomic mass is 32.2. The molecule has 116 valence electrons. The molecular weight excluding hydrogens is 306 g/mol. The van der Waals surface area contributed by atoms with E-state index >= 15 is 0 Å². The van der Waals surface area contributed by atoms with Gasteiger partial charge in [0, 0.05) is 30.9 Å². The van der Waals surface area contributed by atoms with Crippen molar-refractivity contribution in [2.24, 2.45) is 0 Å². The van der Waals surface area contributed by atoms with E-state index in [1.807, 2.05) is 18.7 Å². The Balaban J connectivity index is 1.64. The molecule has 1 N–H and O–H groups in total. The molecule has 0 spiro atoms. The summed E-state index contributed by atoms with van der Waals surface area (Å²) in [5.74, 6) is 2.27. The summed E-state index contributed by atoms with van der Waals surface area (Å²) in [5.41, 5.74) is 0.101. The van der Waals surface area contributed by atoms with Gasteiger partial charge in [-0.15, -0.1) is 11.3 Å². The minimum Gasteiger partial charge on any atom is -0.379 e. The Morgan fingerprint density at radius 2 is 2.33 bits per heavy atom. The lowest BCUT2D eigenvalue weighted by Crippen LogP contribution is -2.59. The number of aromatic nitrogens is 1. The monoisotopic (exact) mass is 327 g/mol. The van der Waals surface area contributed by atoms with Crippen LogP contribution >= 0.6 is 23.1 Å². The molecule has 0 radical (unpaired) electrons. The fraction of sp³-hybridized carbons (Fsp3) is 0.714. The van der Waals surface area contributed by atoms with Gasteiger partial charge in [-0.25, -0.2) is 4.98 Å². The second-order valence-electron chi connectivity index (χ2n) is 5.55. The molecule has 1 aromatic rings. The molecule has 3 heterocycles. The molecule has 3 rings (SSSR count). The third-order valence-electron chi connectivity index (χ3n) is 4.19. The second kappa shape index (κ2) is 6.64. The SMILES string of the molecule is Cc1ncc(C(=O)NC[C@]2(N3CCOCC3)CCSC2)s1. The normalized spacial score (nSPS) is 26.9. The minimum atomic E-state index is 0.00475. The standard InChI is InChI=1S/C14H21N3O2S2/c1-11-15-8-12(21-11)13(18)16-9-14(2-7-20-10-14)17-3-5-19-6-4-17/h8H,2-7,9-10H2,1H3,(H,16,18)/t14-/m1/s1. The van der Waals surface area contributed by atoms with Crippen molar-refractivity contribution in [3.8, 4) is 0 Å². The van der Waals surface area contributed by atoms with Gasteiger partial charge < -0.3 is 10.1 Å². The van der Waals surface area contributed by atoms with Crippen LogP contribution in [0.5, 0.6) is 0 Å². The van der Waals surface area contributed by atoms with Crippen molar-refractivity contribution in [2.45, 2.75) is 18.9 Å². The Bertz CT molecular complexity index is 494. The van der Waals surface area contributed by atoms with Crippen molar-refractivity contribution in [2.75, 3.05) is 44.4 Å². The first-order chi connectivity index (χ1) is 10.2. The van der Waals surface area contributed by atoms with Gasteiger partial charge in [0.15, 0.2) is 0 Å². The maximum absolute atomic E-state index is 12.2. The molecule has 21 heavy (non-hydrogen) atoms. The summed E-state index contributed by atoms with van der Waals surface area (Å²) < 4.78 is 5.46. The number of thioether (sulfide) groups is 1. The average Bonchev–Trinajstić information content (AvgIpc) is 3.16. The first kappa shape index (κ1) is 15.3. The number of thiazole rings is 1. The molecular formula is C14H21N3O2S2. The number of nitrogens with one attached hydrogen (secondary N) is 1. The molecule has 2 aliphatic heterocycles. The van der Waals surface area contributed by atoms with Crippen LogP contribution in [0.1, 0.15) is 21.1 Å². The highest BCUT2D eigenvalue weighted by molar-refractivity contribution is 7.99. The summed E-state index contributed by atoms with van der Waals surface area (Å²) in [6.07, 6.45) is 2.81. The first-order valence-corrected chi connectivity index (χ1v) is 9.28. The quantitative estimate of drug-likeness (QED) is 0.906. The summed E-state index contributed by atoms with van der Waals surface area (Å²) in [7, 11) is 0. The third kappa shape index (κ3) is 3.41. The predicted octanol–water partition coefficient (Wildman–Crippen LogP) is 1.39. The van der Waals surface area contributed by atoms with E-state index in [9.17, 15) is 4.79 Å². The van der Waals surface area contributed by atoms with E-state index in [-0.39, 0.29) is 11.4 Å². The van der Waals surface area contributed by atoms with Crippen LogP contribution in [0, 0.1) is 6.92 Å². The molecule has 5 nitrogen and oxygen atoms in total. The summed E-state index contributed by atoms with van der Waals surface area (Å²) in [4.78, 5) is 19.6. The van der Waals surface area contributed by atoms with Crippen molar-refractivity contribution >= 4 is 29.0 Å². The van der Waals surface area contributed by atoms with Crippen LogP contribution < -0.4 is 5.32 Å². The van der Waals surface area contributed by atoms with Gasteiger partial charge in [-0.2, -0.15) is 11.8 Å². The lowest BCUT2D eigenvalue weighted by Gasteiger charge is -2.43. The Kier molecular flexibility index (Phi) is 4.83. The van der Waals surface area contributed by atoms with E-state index in [4.69, 9.17) is 4.74 Å². The van der Waals surface area contributed by atoms with E-state index < -0.39 is 0 Å². The molecule has 1 aromatic heterocycles. The molecule has 0 bridgehead atoms. The number of ether oxygens (including phenoxy) is 1. The number of hydrogen-bond acceptors (Lipinski definition) is 6. The highest BCUT2D eigenvalue weighted by Gasteiger charge is 2.40. The molecule has 2 aliphatic rings. The van der Waals surface area contributed by atoms with Crippen molar-refractivity contribution in [1.82, 2.24) is 15.2 Å². The van der Waals surface area contributed by atoms with Gasteiger partial charge in [-0.3, -0.25) is 9.69 Å². The van der Waals surface area contributed by atoms with Crippen LogP contribution in [0.2, 0.25) is 0 Å². The summed E-state index contributed by atoms with van der Waals surface area (Å²) in [6.45, 7) is 6.18. The Morgan fingerprint density at radius 3 is 2.95 bits per heavy atom. The van der Waals surface area contributed by atoms with E-state index in [1.54, 1.807) is 6.20 Å². The van der Waals surface area contributed by atoms with Crippen LogP contribution in [-0.4, -0.2) is 65.7 Å². The number of carbonyl (C=O) groups is 1. The average molecular weight is 327 g/mol. The number of nitrogens with zero attached hydrogens (tertiary/aromatic N) is 2.